The number of halogens is 1. The predicted octanol–water partition coefficient (Wildman–Crippen LogP) is 6.50. The van der Waals surface area contributed by atoms with E-state index in [4.69, 9.17) is 9.47 Å². The van der Waals surface area contributed by atoms with Crippen LogP contribution in [0.15, 0.2) is 42.5 Å². The van der Waals surface area contributed by atoms with E-state index in [2.05, 4.69) is 15.3 Å². The number of fused-ring (bicyclic) bond motifs is 1. The Kier molecular flexibility index (Phi) is 7.93. The number of aromatic nitrogens is 2. The van der Waals surface area contributed by atoms with Crippen LogP contribution in [0.2, 0.25) is 0 Å². The van der Waals surface area contributed by atoms with E-state index < -0.39 is 5.82 Å². The van der Waals surface area contributed by atoms with Crippen molar-refractivity contribution >= 4 is 17.8 Å². The number of likely N-dealkylation sites (tertiary alicyclic amines) is 1. The summed E-state index contributed by atoms with van der Waals surface area (Å²) in [6.45, 7) is 10.0. The summed E-state index contributed by atoms with van der Waals surface area (Å²) in [5.41, 5.74) is 1.97. The first kappa shape index (κ1) is 25.3. The first-order valence-corrected chi connectivity index (χ1v) is 12.6. The third-order valence-electron chi connectivity index (χ3n) is 5.73. The predicted molar refractivity (Wildman–Crippen MR) is 140 cm³/mol. The summed E-state index contributed by atoms with van der Waals surface area (Å²) in [5.74, 6) is 1.71. The molecule has 3 aromatic rings. The van der Waals surface area contributed by atoms with E-state index in [1.54, 1.807) is 23.1 Å². The fourth-order valence-corrected chi connectivity index (χ4v) is 4.17. The van der Waals surface area contributed by atoms with E-state index in [9.17, 15) is 9.18 Å². The van der Waals surface area contributed by atoms with Crippen molar-refractivity contribution in [3.8, 4) is 28.6 Å². The molecule has 1 fully saturated rings. The van der Waals surface area contributed by atoms with Gasteiger partial charge in [-0.15, -0.1) is 0 Å². The van der Waals surface area contributed by atoms with Gasteiger partial charge in [0, 0.05) is 36.8 Å². The molecule has 1 aromatic heterocycles. The normalized spacial score (nSPS) is 14.1. The molecule has 7 nitrogen and oxygen atoms in total. The molecule has 2 N–H and O–H groups in total. The fourth-order valence-electron chi connectivity index (χ4n) is 4.17. The third kappa shape index (κ3) is 5.70. The van der Waals surface area contributed by atoms with Crippen LogP contribution in [0.25, 0.3) is 17.5 Å². The maximum absolute atomic E-state index is 14.9. The first-order valence-electron chi connectivity index (χ1n) is 12.6. The third-order valence-corrected chi connectivity index (χ3v) is 5.73. The second-order valence-corrected chi connectivity index (χ2v) is 8.74. The van der Waals surface area contributed by atoms with E-state index in [1.807, 2.05) is 45.9 Å². The average molecular weight is 493 g/mol. The van der Waals surface area contributed by atoms with Gasteiger partial charge in [-0.25, -0.2) is 9.37 Å². The van der Waals surface area contributed by atoms with Gasteiger partial charge < -0.3 is 24.7 Å². The van der Waals surface area contributed by atoms with Gasteiger partial charge in [0.25, 0.3) is 5.91 Å². The van der Waals surface area contributed by atoms with Crippen molar-refractivity contribution in [2.24, 2.45) is 0 Å². The summed E-state index contributed by atoms with van der Waals surface area (Å²) in [5, 5.41) is 3.22. The standard InChI is InChI=1S/C26H27FN4O3.C2H6/c1-16(2)33-19-12-18(24-29-22-6-5-9-28-25(22)30-24)13-20(15-19)34-23-8-7-17(14-21(23)27)26(32)31-10-3-4-11-31;1-2/h5-8,12-16,28H,3-4,9-11H2,1-2H3,(H,29,30);1-2H3. The summed E-state index contributed by atoms with van der Waals surface area (Å²) in [4.78, 5) is 22.3. The Labute approximate surface area is 211 Å². The zero-order chi connectivity index (χ0) is 25.7. The monoisotopic (exact) mass is 492 g/mol. The van der Waals surface area contributed by atoms with Gasteiger partial charge in [0.05, 0.1) is 11.8 Å². The molecule has 0 spiro atoms. The zero-order valence-electron chi connectivity index (χ0n) is 21.2. The Hall–Kier alpha value is -3.81. The first-order chi connectivity index (χ1) is 17.5. The van der Waals surface area contributed by atoms with Crippen LogP contribution in [0.1, 0.15) is 56.6 Å². The minimum atomic E-state index is -0.593. The largest absolute Gasteiger partial charge is 0.491 e. The van der Waals surface area contributed by atoms with Crippen molar-refractivity contribution in [2.75, 3.05) is 25.0 Å². The number of nitrogens with zero attached hydrogens (tertiary/aromatic N) is 2. The molecule has 2 aliphatic rings. The number of ether oxygens (including phenoxy) is 2. The van der Waals surface area contributed by atoms with Gasteiger partial charge >= 0.3 is 0 Å². The lowest BCUT2D eigenvalue weighted by Crippen LogP contribution is -2.27. The molecule has 0 saturated carbocycles. The van der Waals surface area contributed by atoms with Crippen molar-refractivity contribution in [1.82, 2.24) is 14.9 Å². The maximum atomic E-state index is 14.9. The fraction of sp³-hybridized carbons (Fsp3) is 0.357. The van der Waals surface area contributed by atoms with E-state index in [0.717, 1.165) is 36.5 Å². The number of rotatable bonds is 6. The summed E-state index contributed by atoms with van der Waals surface area (Å²) >= 11 is 0. The number of nitrogens with one attached hydrogen (secondary N) is 2. The smallest absolute Gasteiger partial charge is 0.253 e. The molecule has 0 bridgehead atoms. The Morgan fingerprint density at radius 1 is 1.08 bits per heavy atom. The van der Waals surface area contributed by atoms with Gasteiger partial charge in [-0.3, -0.25) is 4.79 Å². The van der Waals surface area contributed by atoms with Crippen LogP contribution >= 0.6 is 0 Å². The van der Waals surface area contributed by atoms with E-state index in [-0.39, 0.29) is 17.8 Å². The summed E-state index contributed by atoms with van der Waals surface area (Å²) in [6.07, 6.45) is 5.91. The number of carbonyl (C=O) groups excluding carboxylic acids is 1. The second-order valence-electron chi connectivity index (χ2n) is 8.74. The van der Waals surface area contributed by atoms with Crippen molar-refractivity contribution in [3.63, 3.8) is 0 Å². The topological polar surface area (TPSA) is 79.5 Å². The molecule has 0 atom stereocenters. The number of benzene rings is 2. The molecule has 0 radical (unpaired) electrons. The molecule has 190 valence electrons. The SMILES string of the molecule is CC.CC(C)Oc1cc(Oc2ccc(C(=O)N3CCCC3)cc2F)cc(-c2nc3c([nH]2)C=CCN3)c1. The van der Waals surface area contributed by atoms with Gasteiger partial charge in [-0.05, 0) is 63.1 Å². The highest BCUT2D eigenvalue weighted by molar-refractivity contribution is 5.94. The molecule has 2 aliphatic heterocycles. The Morgan fingerprint density at radius 2 is 1.83 bits per heavy atom. The van der Waals surface area contributed by atoms with Crippen LogP contribution in [0.4, 0.5) is 10.2 Å². The minimum Gasteiger partial charge on any atom is -0.491 e. The minimum absolute atomic E-state index is 0.0361. The van der Waals surface area contributed by atoms with Crippen molar-refractivity contribution < 1.29 is 18.7 Å². The van der Waals surface area contributed by atoms with Crippen molar-refractivity contribution in [1.29, 1.82) is 0 Å². The maximum Gasteiger partial charge on any atom is 0.253 e. The van der Waals surface area contributed by atoms with E-state index >= 15 is 0 Å². The highest BCUT2D eigenvalue weighted by Crippen LogP contribution is 2.34. The summed E-state index contributed by atoms with van der Waals surface area (Å²) < 4.78 is 26.7. The van der Waals surface area contributed by atoms with Gasteiger partial charge in [-0.2, -0.15) is 0 Å². The van der Waals surface area contributed by atoms with Gasteiger partial charge in [0.15, 0.2) is 17.4 Å². The number of H-pyrrole nitrogens is 1. The highest BCUT2D eigenvalue weighted by atomic mass is 19.1. The Morgan fingerprint density at radius 3 is 2.53 bits per heavy atom. The van der Waals surface area contributed by atoms with Crippen molar-refractivity contribution in [2.45, 2.75) is 46.6 Å². The molecule has 36 heavy (non-hydrogen) atoms. The molecule has 3 heterocycles. The molecule has 1 saturated heterocycles. The molecule has 8 heteroatoms. The molecule has 1 amide bonds. The number of anilines is 1. The average Bonchev–Trinajstić information content (AvgIpc) is 3.56. The van der Waals surface area contributed by atoms with E-state index in [1.165, 1.54) is 12.1 Å². The summed E-state index contributed by atoms with van der Waals surface area (Å²) in [6, 6.07) is 9.71. The van der Waals surface area contributed by atoms with Crippen LogP contribution < -0.4 is 14.8 Å². The molecule has 0 aliphatic carbocycles. The summed E-state index contributed by atoms with van der Waals surface area (Å²) in [7, 11) is 0. The lowest BCUT2D eigenvalue weighted by Gasteiger charge is -2.16. The number of amides is 1. The molecular formula is C28H33FN4O3. The number of hydrogen-bond acceptors (Lipinski definition) is 5. The van der Waals surface area contributed by atoms with Gasteiger partial charge in [0.2, 0.25) is 0 Å². The molecule has 5 rings (SSSR count). The lowest BCUT2D eigenvalue weighted by molar-refractivity contribution is 0.0792. The number of imidazole rings is 1. The lowest BCUT2D eigenvalue weighted by atomic mass is 10.1. The molecule has 2 aromatic carbocycles. The van der Waals surface area contributed by atoms with Crippen LogP contribution in [0.5, 0.6) is 17.2 Å². The highest BCUT2D eigenvalue weighted by Gasteiger charge is 2.21. The van der Waals surface area contributed by atoms with Crippen LogP contribution in [0.3, 0.4) is 0 Å². The number of aromatic amines is 1. The van der Waals surface area contributed by atoms with Crippen LogP contribution in [0, 0.1) is 5.82 Å². The van der Waals surface area contributed by atoms with Crippen LogP contribution in [-0.4, -0.2) is 46.5 Å². The molecule has 0 unspecified atom stereocenters. The number of carbonyl (C=O) groups is 1. The Balaban J connectivity index is 0.00000148. The molecular weight excluding hydrogens is 459 g/mol. The van der Waals surface area contributed by atoms with Crippen LogP contribution in [-0.2, 0) is 0 Å². The van der Waals surface area contributed by atoms with Gasteiger partial charge in [-0.1, -0.05) is 19.9 Å². The Bertz CT molecular complexity index is 1250. The van der Waals surface area contributed by atoms with Crippen molar-refractivity contribution in [3.05, 3.63) is 59.5 Å². The zero-order valence-corrected chi connectivity index (χ0v) is 21.2. The second kappa shape index (κ2) is 11.3. The quantitative estimate of drug-likeness (QED) is 0.411. The van der Waals surface area contributed by atoms with Gasteiger partial charge in [0.1, 0.15) is 17.3 Å². The van der Waals surface area contributed by atoms with E-state index in [0.29, 0.717) is 36.0 Å². The number of hydrogen-bond donors (Lipinski definition) is 2.